The van der Waals surface area contributed by atoms with Gasteiger partial charge in [0.05, 0.1) is 0 Å². The van der Waals surface area contributed by atoms with Crippen LogP contribution in [0.25, 0.3) is 0 Å². The lowest BCUT2D eigenvalue weighted by molar-refractivity contribution is -0.0848. The van der Waals surface area contributed by atoms with Crippen LogP contribution >= 0.6 is 0 Å². The minimum atomic E-state index is -0.233. The first-order valence-corrected chi connectivity index (χ1v) is 5.73. The van der Waals surface area contributed by atoms with Gasteiger partial charge in [-0.3, -0.25) is 0 Å². The lowest BCUT2D eigenvalue weighted by Crippen LogP contribution is -2.38. The van der Waals surface area contributed by atoms with Gasteiger partial charge in [0.15, 0.2) is 5.82 Å². The van der Waals surface area contributed by atoms with Gasteiger partial charge in [-0.15, -0.1) is 0 Å². The van der Waals surface area contributed by atoms with Gasteiger partial charge in [0.25, 0.3) is 0 Å². The Morgan fingerprint density at radius 1 is 1.25 bits per heavy atom. The van der Waals surface area contributed by atoms with Crippen LogP contribution < -0.4 is 5.73 Å². The molecule has 1 aromatic rings. The van der Waals surface area contributed by atoms with E-state index in [1.165, 1.54) is 6.42 Å². The van der Waals surface area contributed by atoms with E-state index < -0.39 is 0 Å². The number of nitrogens with two attached hydrogens (primary N) is 1. The van der Waals surface area contributed by atoms with Gasteiger partial charge >= 0.3 is 0 Å². The predicted molar refractivity (Wildman–Crippen MR) is 61.9 cm³/mol. The summed E-state index contributed by atoms with van der Waals surface area (Å²) in [7, 11) is 1.74. The van der Waals surface area contributed by atoms with E-state index in [4.69, 9.17) is 10.5 Å². The molecule has 0 aromatic carbocycles. The third-order valence-corrected chi connectivity index (χ3v) is 3.58. The first-order chi connectivity index (χ1) is 7.63. The quantitative estimate of drug-likeness (QED) is 0.841. The maximum atomic E-state index is 5.68. The number of ether oxygens (including phenoxy) is 1. The number of aryl methyl sites for hydroxylation is 2. The highest BCUT2D eigenvalue weighted by atomic mass is 16.5. The molecule has 2 rings (SSSR count). The second-order valence-corrected chi connectivity index (χ2v) is 4.45. The molecule has 4 heteroatoms. The van der Waals surface area contributed by atoms with Crippen molar-refractivity contribution in [3.05, 3.63) is 22.8 Å². The van der Waals surface area contributed by atoms with Crippen LogP contribution in [-0.4, -0.2) is 17.1 Å². The van der Waals surface area contributed by atoms with Crippen molar-refractivity contribution in [1.82, 2.24) is 9.97 Å². The molecule has 0 amide bonds. The van der Waals surface area contributed by atoms with Crippen molar-refractivity contribution in [2.45, 2.75) is 45.3 Å². The smallest absolute Gasteiger partial charge is 0.160 e. The summed E-state index contributed by atoms with van der Waals surface area (Å²) in [5, 5.41) is 0. The van der Waals surface area contributed by atoms with Crippen molar-refractivity contribution < 1.29 is 4.74 Å². The van der Waals surface area contributed by atoms with Gasteiger partial charge in [0.1, 0.15) is 5.60 Å². The molecule has 0 unspecified atom stereocenters. The molecule has 1 aliphatic rings. The molecule has 0 atom stereocenters. The largest absolute Gasteiger partial charge is 0.370 e. The first kappa shape index (κ1) is 11.5. The summed E-state index contributed by atoms with van der Waals surface area (Å²) in [5.74, 6) is 0.827. The second-order valence-electron chi connectivity index (χ2n) is 4.45. The monoisotopic (exact) mass is 221 g/mol. The Morgan fingerprint density at radius 2 is 1.81 bits per heavy atom. The molecule has 4 nitrogen and oxygen atoms in total. The average molecular weight is 221 g/mol. The third kappa shape index (κ3) is 1.62. The van der Waals surface area contributed by atoms with Crippen molar-refractivity contribution in [3.8, 4) is 0 Å². The normalized spacial score (nSPS) is 18.2. The summed E-state index contributed by atoms with van der Waals surface area (Å²) < 4.78 is 5.59. The topological polar surface area (TPSA) is 61.0 Å². The van der Waals surface area contributed by atoms with E-state index in [-0.39, 0.29) is 5.60 Å². The fourth-order valence-electron chi connectivity index (χ4n) is 2.26. The molecular formula is C12H19N3O. The van der Waals surface area contributed by atoms with E-state index in [9.17, 15) is 0 Å². The van der Waals surface area contributed by atoms with Crippen molar-refractivity contribution in [1.29, 1.82) is 0 Å². The summed E-state index contributed by atoms with van der Waals surface area (Å²) >= 11 is 0. The van der Waals surface area contributed by atoms with Gasteiger partial charge in [0, 0.05) is 30.6 Å². The fraction of sp³-hybridized carbons (Fsp3) is 0.667. The van der Waals surface area contributed by atoms with Crippen molar-refractivity contribution in [3.63, 3.8) is 0 Å². The van der Waals surface area contributed by atoms with Crippen molar-refractivity contribution in [2.24, 2.45) is 5.73 Å². The van der Waals surface area contributed by atoms with E-state index >= 15 is 0 Å². The maximum absolute atomic E-state index is 5.68. The lowest BCUT2D eigenvalue weighted by atomic mass is 9.79. The number of methoxy groups -OCH3 is 1. The van der Waals surface area contributed by atoms with Crippen LogP contribution in [0.2, 0.25) is 0 Å². The number of hydrogen-bond donors (Lipinski definition) is 1. The van der Waals surface area contributed by atoms with Crippen LogP contribution in [-0.2, 0) is 16.9 Å². The van der Waals surface area contributed by atoms with Gasteiger partial charge < -0.3 is 10.5 Å². The Hall–Kier alpha value is -1.00. The van der Waals surface area contributed by atoms with Gasteiger partial charge in [-0.25, -0.2) is 9.97 Å². The number of nitrogens with zero attached hydrogens (tertiary/aromatic N) is 2. The summed E-state index contributed by atoms with van der Waals surface area (Å²) in [5.41, 5.74) is 8.46. The minimum absolute atomic E-state index is 0.233. The molecule has 1 saturated carbocycles. The van der Waals surface area contributed by atoms with E-state index in [0.29, 0.717) is 6.54 Å². The Morgan fingerprint density at radius 3 is 2.12 bits per heavy atom. The third-order valence-electron chi connectivity index (χ3n) is 3.58. The molecule has 1 aliphatic carbocycles. The van der Waals surface area contributed by atoms with Gasteiger partial charge in [0.2, 0.25) is 0 Å². The molecular weight excluding hydrogens is 202 g/mol. The molecule has 1 fully saturated rings. The SMILES string of the molecule is COC1(c2nc(C)c(CN)c(C)n2)CCC1. The standard InChI is InChI=1S/C12H19N3O/c1-8-10(7-13)9(2)15-11(14-8)12(16-3)5-4-6-12/h4-7,13H2,1-3H3. The predicted octanol–water partition coefficient (Wildman–Crippen LogP) is 1.58. The van der Waals surface area contributed by atoms with Gasteiger partial charge in [-0.2, -0.15) is 0 Å². The number of aromatic nitrogens is 2. The van der Waals surface area contributed by atoms with E-state index in [0.717, 1.165) is 35.6 Å². The summed E-state index contributed by atoms with van der Waals surface area (Å²) in [6.07, 6.45) is 3.22. The van der Waals surface area contributed by atoms with E-state index in [1.54, 1.807) is 7.11 Å². The molecule has 0 saturated heterocycles. The van der Waals surface area contributed by atoms with Crippen LogP contribution in [0.1, 0.15) is 42.0 Å². The lowest BCUT2D eigenvalue weighted by Gasteiger charge is -2.39. The van der Waals surface area contributed by atoms with Crippen LogP contribution in [0, 0.1) is 13.8 Å². The average Bonchev–Trinajstić information content (AvgIpc) is 2.16. The molecule has 1 aromatic heterocycles. The van der Waals surface area contributed by atoms with Gasteiger partial charge in [-0.05, 0) is 33.1 Å². The van der Waals surface area contributed by atoms with Crippen molar-refractivity contribution in [2.75, 3.05) is 7.11 Å². The Labute approximate surface area is 96.2 Å². The Kier molecular flexibility index (Phi) is 2.95. The zero-order chi connectivity index (χ0) is 11.8. The molecule has 2 N–H and O–H groups in total. The van der Waals surface area contributed by atoms with Gasteiger partial charge in [-0.1, -0.05) is 0 Å². The number of hydrogen-bond acceptors (Lipinski definition) is 4. The summed E-state index contributed by atoms with van der Waals surface area (Å²) in [6, 6.07) is 0. The highest BCUT2D eigenvalue weighted by Gasteiger charge is 2.42. The summed E-state index contributed by atoms with van der Waals surface area (Å²) in [4.78, 5) is 9.11. The zero-order valence-corrected chi connectivity index (χ0v) is 10.2. The molecule has 0 aliphatic heterocycles. The first-order valence-electron chi connectivity index (χ1n) is 5.73. The molecule has 0 bridgehead atoms. The molecule has 16 heavy (non-hydrogen) atoms. The Balaban J connectivity index is 2.43. The van der Waals surface area contributed by atoms with Crippen LogP contribution in [0.15, 0.2) is 0 Å². The fourth-order valence-corrected chi connectivity index (χ4v) is 2.26. The summed E-state index contributed by atoms with van der Waals surface area (Å²) in [6.45, 7) is 4.47. The molecule has 0 spiro atoms. The number of rotatable bonds is 3. The maximum Gasteiger partial charge on any atom is 0.160 e. The van der Waals surface area contributed by atoms with E-state index in [1.807, 2.05) is 13.8 Å². The van der Waals surface area contributed by atoms with E-state index in [2.05, 4.69) is 9.97 Å². The Bertz CT molecular complexity index is 371. The molecule has 88 valence electrons. The van der Waals surface area contributed by atoms with Crippen LogP contribution in [0.3, 0.4) is 0 Å². The zero-order valence-electron chi connectivity index (χ0n) is 10.2. The van der Waals surface area contributed by atoms with Crippen molar-refractivity contribution >= 4 is 0 Å². The highest BCUT2D eigenvalue weighted by molar-refractivity contribution is 5.26. The molecule has 0 radical (unpaired) electrons. The molecule has 1 heterocycles. The van der Waals surface area contributed by atoms with Crippen LogP contribution in [0.5, 0.6) is 0 Å². The second kappa shape index (κ2) is 4.11. The van der Waals surface area contributed by atoms with Crippen LogP contribution in [0.4, 0.5) is 0 Å². The minimum Gasteiger partial charge on any atom is -0.370 e. The highest BCUT2D eigenvalue weighted by Crippen LogP contribution is 2.42.